The van der Waals surface area contributed by atoms with E-state index in [1.54, 1.807) is 24.3 Å². The number of nitrogens with one attached hydrogen (secondary N) is 1. The van der Waals surface area contributed by atoms with Crippen molar-refractivity contribution in [2.45, 2.75) is 39.3 Å². The second-order valence-corrected chi connectivity index (χ2v) is 7.27. The van der Waals surface area contributed by atoms with E-state index in [1.807, 2.05) is 26.0 Å². The highest BCUT2D eigenvalue weighted by Crippen LogP contribution is 2.22. The molecule has 2 aromatic rings. The minimum Gasteiger partial charge on any atom is -0.465 e. The molecule has 1 aliphatic rings. The van der Waals surface area contributed by atoms with E-state index < -0.39 is 11.9 Å². The third-order valence-electron chi connectivity index (χ3n) is 5.23. The number of nitriles is 1. The Kier molecular flexibility index (Phi) is 6.70. The lowest BCUT2D eigenvalue weighted by molar-refractivity contribution is -0.112. The van der Waals surface area contributed by atoms with Gasteiger partial charge in [-0.2, -0.15) is 5.26 Å². The number of aromatic nitrogens is 1. The van der Waals surface area contributed by atoms with Crippen LogP contribution in [-0.4, -0.2) is 36.3 Å². The highest BCUT2D eigenvalue weighted by Gasteiger charge is 2.19. The summed E-state index contributed by atoms with van der Waals surface area (Å²) in [6.07, 6.45) is 3.91. The summed E-state index contributed by atoms with van der Waals surface area (Å²) in [4.78, 5) is 24.3. The summed E-state index contributed by atoms with van der Waals surface area (Å²) in [6, 6.07) is 10.3. The molecule has 2 heterocycles. The van der Waals surface area contributed by atoms with E-state index >= 15 is 0 Å². The predicted molar refractivity (Wildman–Crippen MR) is 113 cm³/mol. The molecule has 1 fully saturated rings. The van der Waals surface area contributed by atoms with Gasteiger partial charge in [0.1, 0.15) is 11.6 Å². The van der Waals surface area contributed by atoms with Crippen LogP contribution in [0.15, 0.2) is 35.9 Å². The average molecular weight is 407 g/mol. The zero-order valence-electron chi connectivity index (χ0n) is 17.4. The number of hydrogen-bond acceptors (Lipinski definition) is 5. The molecule has 7 nitrogen and oxygen atoms in total. The van der Waals surface area contributed by atoms with Gasteiger partial charge < -0.3 is 19.4 Å². The van der Waals surface area contributed by atoms with Crippen LogP contribution in [0.1, 0.15) is 40.2 Å². The molecule has 3 rings (SSSR count). The van der Waals surface area contributed by atoms with E-state index in [4.69, 9.17) is 9.47 Å². The molecule has 1 aliphatic heterocycles. The molecular formula is C23H25N3O4. The number of carbonyl (C=O) groups is 2. The van der Waals surface area contributed by atoms with Crippen LogP contribution in [0.4, 0.5) is 5.69 Å². The molecule has 156 valence electrons. The fourth-order valence-electron chi connectivity index (χ4n) is 3.59. The summed E-state index contributed by atoms with van der Waals surface area (Å²) in [7, 11) is 1.29. The number of rotatable bonds is 6. The molecule has 1 amide bonds. The fourth-order valence-corrected chi connectivity index (χ4v) is 3.59. The van der Waals surface area contributed by atoms with Gasteiger partial charge in [-0.1, -0.05) is 6.07 Å². The number of hydrogen-bond donors (Lipinski definition) is 1. The SMILES string of the molecule is COC(=O)c1cccc(NC(=O)/C(C#N)=C/c2cc(C)n(CC3CCCO3)c2C)c1. The number of carbonyl (C=O) groups excluding carboxylic acids is 2. The molecule has 7 heteroatoms. The van der Waals surface area contributed by atoms with Gasteiger partial charge in [0.25, 0.3) is 5.91 Å². The van der Waals surface area contributed by atoms with Crippen molar-refractivity contribution in [3.05, 3.63) is 58.4 Å². The molecule has 0 radical (unpaired) electrons. The van der Waals surface area contributed by atoms with Crippen LogP contribution in [0.2, 0.25) is 0 Å². The molecule has 0 saturated carbocycles. The van der Waals surface area contributed by atoms with Crippen molar-refractivity contribution in [3.8, 4) is 6.07 Å². The minimum absolute atomic E-state index is 0.0177. The van der Waals surface area contributed by atoms with Gasteiger partial charge in [0.15, 0.2) is 0 Å². The van der Waals surface area contributed by atoms with Crippen molar-refractivity contribution >= 4 is 23.6 Å². The van der Waals surface area contributed by atoms with E-state index in [1.165, 1.54) is 13.2 Å². The Hall–Kier alpha value is -3.37. The van der Waals surface area contributed by atoms with Crippen LogP contribution in [0.3, 0.4) is 0 Å². The van der Waals surface area contributed by atoms with Gasteiger partial charge in [0, 0.05) is 30.2 Å². The van der Waals surface area contributed by atoms with Gasteiger partial charge >= 0.3 is 5.97 Å². The normalized spacial score (nSPS) is 16.2. The lowest BCUT2D eigenvalue weighted by atomic mass is 10.1. The fraction of sp³-hybridized carbons (Fsp3) is 0.348. The summed E-state index contributed by atoms with van der Waals surface area (Å²) in [5, 5.41) is 12.2. The molecule has 1 aromatic heterocycles. The standard InChI is InChI=1S/C23H25N3O4/c1-15-10-18(16(2)26(15)14-21-8-5-9-30-21)11-19(13-24)22(27)25-20-7-4-6-17(12-20)23(28)29-3/h4,6-7,10-12,21H,5,8-9,14H2,1-3H3,(H,25,27)/b19-11+. The molecule has 30 heavy (non-hydrogen) atoms. The number of aryl methyl sites for hydroxylation is 1. The summed E-state index contributed by atoms with van der Waals surface area (Å²) >= 11 is 0. The summed E-state index contributed by atoms with van der Waals surface area (Å²) in [5.74, 6) is -1.04. The molecule has 0 spiro atoms. The zero-order chi connectivity index (χ0) is 21.7. The van der Waals surface area contributed by atoms with Crippen LogP contribution in [0, 0.1) is 25.2 Å². The van der Waals surface area contributed by atoms with Gasteiger partial charge in [-0.05, 0) is 62.6 Å². The maximum absolute atomic E-state index is 12.6. The van der Waals surface area contributed by atoms with Crippen LogP contribution in [0.25, 0.3) is 6.08 Å². The smallest absolute Gasteiger partial charge is 0.337 e. The number of methoxy groups -OCH3 is 1. The van der Waals surface area contributed by atoms with Crippen LogP contribution in [-0.2, 0) is 20.8 Å². The summed E-state index contributed by atoms with van der Waals surface area (Å²) in [5.41, 5.74) is 3.56. The Morgan fingerprint density at radius 3 is 2.83 bits per heavy atom. The number of esters is 1. The largest absolute Gasteiger partial charge is 0.465 e. The number of ether oxygens (including phenoxy) is 2. The molecule has 1 saturated heterocycles. The number of anilines is 1. The van der Waals surface area contributed by atoms with Crippen molar-refractivity contribution in [2.24, 2.45) is 0 Å². The zero-order valence-corrected chi connectivity index (χ0v) is 17.4. The highest BCUT2D eigenvalue weighted by molar-refractivity contribution is 6.10. The van der Waals surface area contributed by atoms with Gasteiger partial charge in [-0.15, -0.1) is 0 Å². The van der Waals surface area contributed by atoms with E-state index in [9.17, 15) is 14.9 Å². The Labute approximate surface area is 175 Å². The molecular weight excluding hydrogens is 382 g/mol. The first-order chi connectivity index (χ1) is 14.4. The predicted octanol–water partition coefficient (Wildman–Crippen LogP) is 3.62. The van der Waals surface area contributed by atoms with E-state index in [-0.39, 0.29) is 11.7 Å². The van der Waals surface area contributed by atoms with Crippen molar-refractivity contribution in [3.63, 3.8) is 0 Å². The van der Waals surface area contributed by atoms with E-state index in [0.717, 1.165) is 42.9 Å². The first kappa shape index (κ1) is 21.3. The highest BCUT2D eigenvalue weighted by atomic mass is 16.5. The maximum Gasteiger partial charge on any atom is 0.337 e. The third kappa shape index (κ3) is 4.78. The average Bonchev–Trinajstić information content (AvgIpc) is 3.35. The van der Waals surface area contributed by atoms with Crippen LogP contribution >= 0.6 is 0 Å². The minimum atomic E-state index is -0.538. The number of amides is 1. The lowest BCUT2D eigenvalue weighted by Gasteiger charge is -2.14. The number of nitrogens with zero attached hydrogens (tertiary/aromatic N) is 2. The van der Waals surface area contributed by atoms with Crippen LogP contribution in [0.5, 0.6) is 0 Å². The first-order valence-electron chi connectivity index (χ1n) is 9.82. The first-order valence-corrected chi connectivity index (χ1v) is 9.82. The maximum atomic E-state index is 12.6. The van der Waals surface area contributed by atoms with Gasteiger partial charge in [-0.25, -0.2) is 4.79 Å². The summed E-state index contributed by atoms with van der Waals surface area (Å²) < 4.78 is 12.6. The van der Waals surface area contributed by atoms with E-state index in [0.29, 0.717) is 11.3 Å². The molecule has 0 aliphatic carbocycles. The van der Waals surface area contributed by atoms with Crippen LogP contribution < -0.4 is 5.32 Å². The van der Waals surface area contributed by atoms with Crippen molar-refractivity contribution in [1.82, 2.24) is 4.57 Å². The quantitative estimate of drug-likeness (QED) is 0.448. The topological polar surface area (TPSA) is 93.4 Å². The Balaban J connectivity index is 1.79. The van der Waals surface area contributed by atoms with Crippen molar-refractivity contribution < 1.29 is 19.1 Å². The molecule has 1 aromatic carbocycles. The van der Waals surface area contributed by atoms with Gasteiger partial charge in [0.05, 0.1) is 18.8 Å². The van der Waals surface area contributed by atoms with E-state index in [2.05, 4.69) is 9.88 Å². The Morgan fingerprint density at radius 1 is 1.37 bits per heavy atom. The van der Waals surface area contributed by atoms with Gasteiger partial charge in [0.2, 0.25) is 0 Å². The second-order valence-electron chi connectivity index (χ2n) is 7.27. The number of benzene rings is 1. The Bertz CT molecular complexity index is 1020. The van der Waals surface area contributed by atoms with Crippen molar-refractivity contribution in [1.29, 1.82) is 5.26 Å². The molecule has 0 bridgehead atoms. The third-order valence-corrected chi connectivity index (χ3v) is 5.23. The molecule has 1 unspecified atom stereocenters. The monoisotopic (exact) mass is 407 g/mol. The molecule has 1 N–H and O–H groups in total. The lowest BCUT2D eigenvalue weighted by Crippen LogP contribution is -2.17. The molecule has 1 atom stereocenters. The van der Waals surface area contributed by atoms with Gasteiger partial charge in [-0.3, -0.25) is 4.79 Å². The van der Waals surface area contributed by atoms with Crippen molar-refractivity contribution in [2.75, 3.05) is 19.0 Å². The summed E-state index contributed by atoms with van der Waals surface area (Å²) in [6.45, 7) is 5.54. The Morgan fingerprint density at radius 2 is 2.17 bits per heavy atom. The second kappa shape index (κ2) is 9.42.